The summed E-state index contributed by atoms with van der Waals surface area (Å²) in [6.07, 6.45) is 1.94. The smallest absolute Gasteiger partial charge is 0.194 e. The van der Waals surface area contributed by atoms with E-state index in [9.17, 15) is 5.11 Å². The average molecular weight is 711 g/mol. The quantitative estimate of drug-likeness (QED) is 0.114. The zero-order chi connectivity index (χ0) is 38.1. The van der Waals surface area contributed by atoms with Crippen molar-refractivity contribution in [2.24, 2.45) is 4.99 Å². The molecule has 5 nitrogen and oxygen atoms in total. The number of benzene rings is 5. The summed E-state index contributed by atoms with van der Waals surface area (Å²) in [5.41, 5.74) is 13.3. The second kappa shape index (κ2) is 14.9. The Morgan fingerprint density at radius 3 is 1.94 bits per heavy atom. The third kappa shape index (κ3) is 6.87. The van der Waals surface area contributed by atoms with Crippen LogP contribution in [-0.2, 0) is 5.41 Å². The van der Waals surface area contributed by atoms with Gasteiger partial charge in [-0.25, -0.2) is 4.98 Å². The maximum Gasteiger partial charge on any atom is 0.194 e. The molecule has 0 spiro atoms. The fraction of sp³-hybridized carbons (Fsp3) is 0.245. The number of nitrogens with zero attached hydrogens (tertiary/aromatic N) is 4. The minimum absolute atomic E-state index is 0.0559. The molecule has 0 saturated carbocycles. The first-order valence-corrected chi connectivity index (χ1v) is 19.1. The number of rotatable bonds is 10. The van der Waals surface area contributed by atoms with Gasteiger partial charge < -0.3 is 5.11 Å². The molecule has 0 aliphatic carbocycles. The third-order valence-corrected chi connectivity index (χ3v) is 10.3. The van der Waals surface area contributed by atoms with Gasteiger partial charge in [0.2, 0.25) is 0 Å². The minimum Gasteiger partial charge on any atom is -0.496 e. The lowest BCUT2D eigenvalue weighted by molar-refractivity contribution is 0.451. The molecule has 0 saturated heterocycles. The molecule has 5 aromatic carbocycles. The topological polar surface area (TPSA) is 63.3 Å². The lowest BCUT2D eigenvalue weighted by Crippen LogP contribution is -2.33. The van der Waals surface area contributed by atoms with E-state index in [2.05, 4.69) is 159 Å². The van der Waals surface area contributed by atoms with Crippen molar-refractivity contribution in [3.63, 3.8) is 0 Å². The highest BCUT2D eigenvalue weighted by molar-refractivity contribution is 5.96. The second-order valence-corrected chi connectivity index (χ2v) is 15.6. The Labute approximate surface area is 320 Å². The van der Waals surface area contributed by atoms with Gasteiger partial charge >= 0.3 is 0 Å². The SMILES string of the molecule is CC(C)N=C(O)C(C)(C)c1nc2c(-c3cccc(-c4cc(-c5c(C(C)C)cccc5C(C)C)ccn4)c3)cccc2n1-c1ccccc1-c1ccccc1. The summed E-state index contributed by atoms with van der Waals surface area (Å²) < 4.78 is 2.21. The summed E-state index contributed by atoms with van der Waals surface area (Å²) in [4.78, 5) is 14.9. The van der Waals surface area contributed by atoms with Crippen LogP contribution in [0.25, 0.3) is 61.4 Å². The lowest BCUT2D eigenvalue weighted by Gasteiger charge is -2.25. The van der Waals surface area contributed by atoms with Crippen molar-refractivity contribution in [2.75, 3.05) is 0 Å². The molecule has 7 rings (SSSR count). The number of aliphatic hydroxyl groups excluding tert-OH is 1. The average Bonchev–Trinajstić information content (AvgIpc) is 3.58. The van der Waals surface area contributed by atoms with Crippen LogP contribution >= 0.6 is 0 Å². The van der Waals surface area contributed by atoms with Gasteiger partial charge in [-0.1, -0.05) is 125 Å². The van der Waals surface area contributed by atoms with E-state index in [1.807, 2.05) is 40.0 Å². The van der Waals surface area contributed by atoms with Gasteiger partial charge in [-0.2, -0.15) is 0 Å². The summed E-state index contributed by atoms with van der Waals surface area (Å²) in [5, 5.41) is 11.5. The zero-order valence-corrected chi connectivity index (χ0v) is 32.7. The van der Waals surface area contributed by atoms with E-state index in [1.54, 1.807) is 0 Å². The Kier molecular flexibility index (Phi) is 10.1. The fourth-order valence-electron chi connectivity index (χ4n) is 7.51. The molecular weight excluding hydrogens is 661 g/mol. The molecule has 0 amide bonds. The summed E-state index contributed by atoms with van der Waals surface area (Å²) in [6, 6.07) is 44.8. The predicted molar refractivity (Wildman–Crippen MR) is 227 cm³/mol. The summed E-state index contributed by atoms with van der Waals surface area (Å²) >= 11 is 0. The molecular formula is C49H50N4O. The van der Waals surface area contributed by atoms with E-state index in [1.165, 1.54) is 22.3 Å². The number of aromatic nitrogens is 3. The number of hydrogen-bond acceptors (Lipinski definition) is 3. The van der Waals surface area contributed by atoms with E-state index >= 15 is 0 Å². The lowest BCUT2D eigenvalue weighted by atomic mass is 9.85. The van der Waals surface area contributed by atoms with Gasteiger partial charge in [-0.05, 0) is 103 Å². The second-order valence-electron chi connectivity index (χ2n) is 15.6. The first-order valence-electron chi connectivity index (χ1n) is 19.1. The molecule has 2 aromatic heterocycles. The Morgan fingerprint density at radius 1 is 0.630 bits per heavy atom. The van der Waals surface area contributed by atoms with Gasteiger partial charge in [-0.15, -0.1) is 0 Å². The van der Waals surface area contributed by atoms with Crippen LogP contribution in [0, 0.1) is 0 Å². The molecule has 0 aliphatic heterocycles. The molecule has 54 heavy (non-hydrogen) atoms. The van der Waals surface area contributed by atoms with Gasteiger partial charge in [0.05, 0.1) is 27.8 Å². The van der Waals surface area contributed by atoms with Crippen molar-refractivity contribution in [3.8, 4) is 50.3 Å². The van der Waals surface area contributed by atoms with E-state index in [0.29, 0.717) is 17.7 Å². The van der Waals surface area contributed by atoms with Gasteiger partial charge in [0, 0.05) is 28.9 Å². The number of imidazole rings is 1. The highest BCUT2D eigenvalue weighted by Crippen LogP contribution is 2.40. The number of para-hydroxylation sites is 2. The molecule has 0 radical (unpaired) electrons. The van der Waals surface area contributed by atoms with Gasteiger partial charge in [0.15, 0.2) is 5.90 Å². The summed E-state index contributed by atoms with van der Waals surface area (Å²) in [5.74, 6) is 1.56. The predicted octanol–water partition coefficient (Wildman–Crippen LogP) is 13.0. The van der Waals surface area contributed by atoms with Crippen molar-refractivity contribution in [1.82, 2.24) is 14.5 Å². The maximum atomic E-state index is 11.5. The standard InChI is InChI=1S/C49H50N4O/c1-31(2)38-22-15-23-39(32(3)4)45(38)37-27-28-50-42(30-37)36-20-14-19-35(29-36)41-24-16-26-44-46(41)52-47(49(7,8)48(54)51-33(5)6)53(44)43-25-13-12-21-40(43)34-17-10-9-11-18-34/h9-33H,1-8H3,(H,51,54). The first-order chi connectivity index (χ1) is 26.0. The Morgan fingerprint density at radius 2 is 1.24 bits per heavy atom. The number of fused-ring (bicyclic) bond motifs is 1. The molecule has 5 heteroatoms. The Hall–Kier alpha value is -5.81. The van der Waals surface area contributed by atoms with Crippen molar-refractivity contribution in [2.45, 2.75) is 78.7 Å². The monoisotopic (exact) mass is 710 g/mol. The minimum atomic E-state index is -0.891. The number of aliphatic hydroxyl groups is 1. The molecule has 0 unspecified atom stereocenters. The van der Waals surface area contributed by atoms with Crippen LogP contribution in [0.15, 0.2) is 139 Å². The van der Waals surface area contributed by atoms with E-state index in [-0.39, 0.29) is 11.9 Å². The van der Waals surface area contributed by atoms with Crippen molar-refractivity contribution >= 4 is 16.9 Å². The van der Waals surface area contributed by atoms with Crippen molar-refractivity contribution in [3.05, 3.63) is 151 Å². The largest absolute Gasteiger partial charge is 0.496 e. The summed E-state index contributed by atoms with van der Waals surface area (Å²) in [7, 11) is 0. The van der Waals surface area contributed by atoms with Gasteiger partial charge in [0.25, 0.3) is 0 Å². The molecule has 272 valence electrons. The maximum absolute atomic E-state index is 11.5. The molecule has 2 heterocycles. The van der Waals surface area contributed by atoms with Crippen LogP contribution in [0.1, 0.15) is 84.2 Å². The van der Waals surface area contributed by atoms with E-state index < -0.39 is 5.41 Å². The molecule has 0 atom stereocenters. The van der Waals surface area contributed by atoms with Crippen molar-refractivity contribution in [1.29, 1.82) is 0 Å². The fourth-order valence-corrected chi connectivity index (χ4v) is 7.51. The van der Waals surface area contributed by atoms with E-state index in [4.69, 9.17) is 9.97 Å². The number of hydrogen-bond donors (Lipinski definition) is 1. The van der Waals surface area contributed by atoms with Crippen molar-refractivity contribution < 1.29 is 5.11 Å². The third-order valence-electron chi connectivity index (χ3n) is 10.3. The summed E-state index contributed by atoms with van der Waals surface area (Å²) in [6.45, 7) is 17.0. The van der Waals surface area contributed by atoms with Crippen LogP contribution in [0.5, 0.6) is 0 Å². The molecule has 0 bridgehead atoms. The first kappa shape index (κ1) is 36.5. The molecule has 0 aliphatic rings. The van der Waals surface area contributed by atoms with Crippen LogP contribution in [0.4, 0.5) is 0 Å². The highest BCUT2D eigenvalue weighted by atomic mass is 16.3. The normalized spacial score (nSPS) is 12.4. The van der Waals surface area contributed by atoms with Crippen LogP contribution in [0.3, 0.4) is 0 Å². The zero-order valence-electron chi connectivity index (χ0n) is 32.7. The van der Waals surface area contributed by atoms with E-state index in [0.717, 1.165) is 50.2 Å². The number of pyridine rings is 1. The molecule has 7 aromatic rings. The van der Waals surface area contributed by atoms with Crippen LogP contribution < -0.4 is 0 Å². The van der Waals surface area contributed by atoms with Crippen LogP contribution in [0.2, 0.25) is 0 Å². The van der Waals surface area contributed by atoms with Crippen LogP contribution in [-0.4, -0.2) is 31.6 Å². The Balaban J connectivity index is 1.42. The van der Waals surface area contributed by atoms with Gasteiger partial charge in [-0.3, -0.25) is 14.5 Å². The Bertz CT molecular complexity index is 2440. The molecule has 1 N–H and O–H groups in total. The highest BCUT2D eigenvalue weighted by Gasteiger charge is 2.35. The molecule has 0 fully saturated rings. The van der Waals surface area contributed by atoms with Gasteiger partial charge in [0.1, 0.15) is 5.82 Å². The number of aliphatic imine (C=N–C) groups is 1.